The molecule has 0 bridgehead atoms. The Hall–Kier alpha value is -2.36. The molecule has 0 radical (unpaired) electrons. The second-order valence-electron chi connectivity index (χ2n) is 4.95. The molecular weight excluding hydrogens is 269 g/mol. The minimum absolute atomic E-state index is 0.318. The van der Waals surface area contributed by atoms with Crippen LogP contribution in [0.3, 0.4) is 0 Å². The highest BCUT2D eigenvalue weighted by atomic mass is 19.1. The van der Waals surface area contributed by atoms with E-state index >= 15 is 0 Å². The first-order chi connectivity index (χ1) is 10.0. The fourth-order valence-electron chi connectivity index (χ4n) is 2.05. The van der Waals surface area contributed by atoms with Crippen molar-refractivity contribution in [1.29, 1.82) is 0 Å². The Morgan fingerprint density at radius 1 is 1.10 bits per heavy atom. The average molecular weight is 287 g/mol. The summed E-state index contributed by atoms with van der Waals surface area (Å²) in [6.45, 7) is 4.00. The minimum atomic E-state index is -0.625. The van der Waals surface area contributed by atoms with Crippen molar-refractivity contribution in [3.05, 3.63) is 65.0 Å². The quantitative estimate of drug-likeness (QED) is 0.870. The van der Waals surface area contributed by atoms with E-state index in [2.05, 4.69) is 5.32 Å². The second-order valence-corrected chi connectivity index (χ2v) is 4.95. The highest BCUT2D eigenvalue weighted by molar-refractivity contribution is 5.81. The largest absolute Gasteiger partial charge is 0.467 e. The lowest BCUT2D eigenvalue weighted by Gasteiger charge is -2.19. The number of aryl methyl sites for hydroxylation is 2. The zero-order chi connectivity index (χ0) is 15.4. The monoisotopic (exact) mass is 287 g/mol. The number of esters is 1. The van der Waals surface area contributed by atoms with Crippen molar-refractivity contribution in [1.82, 2.24) is 0 Å². The first-order valence-corrected chi connectivity index (χ1v) is 6.68. The average Bonchev–Trinajstić information content (AvgIpc) is 2.49. The molecule has 0 fully saturated rings. The number of nitrogens with one attached hydrogen (secondary N) is 1. The zero-order valence-corrected chi connectivity index (χ0v) is 12.3. The van der Waals surface area contributed by atoms with Crippen molar-refractivity contribution in [2.75, 3.05) is 12.4 Å². The van der Waals surface area contributed by atoms with Gasteiger partial charge < -0.3 is 10.1 Å². The standard InChI is InChI=1S/C17H18FNO2/c1-11-4-5-13(10-12(11)2)16(17(20)21-3)19-15-8-6-14(18)7-9-15/h4-10,16,19H,1-3H3. The molecule has 21 heavy (non-hydrogen) atoms. The summed E-state index contributed by atoms with van der Waals surface area (Å²) in [5, 5.41) is 3.08. The van der Waals surface area contributed by atoms with E-state index in [0.717, 1.165) is 16.7 Å². The van der Waals surface area contributed by atoms with Crippen LogP contribution >= 0.6 is 0 Å². The van der Waals surface area contributed by atoms with Crippen LogP contribution in [0.5, 0.6) is 0 Å². The predicted molar refractivity (Wildman–Crippen MR) is 80.7 cm³/mol. The third kappa shape index (κ3) is 3.60. The van der Waals surface area contributed by atoms with E-state index in [1.807, 2.05) is 32.0 Å². The van der Waals surface area contributed by atoms with Crippen LogP contribution in [-0.4, -0.2) is 13.1 Å². The van der Waals surface area contributed by atoms with Crippen LogP contribution in [0.4, 0.5) is 10.1 Å². The first kappa shape index (κ1) is 15.0. The SMILES string of the molecule is COC(=O)C(Nc1ccc(F)cc1)c1ccc(C)c(C)c1. The third-order valence-corrected chi connectivity index (χ3v) is 3.46. The van der Waals surface area contributed by atoms with Gasteiger partial charge in [0.15, 0.2) is 6.04 Å². The summed E-state index contributed by atoms with van der Waals surface area (Å²) in [5.41, 5.74) is 3.73. The van der Waals surface area contributed by atoms with Gasteiger partial charge in [0.2, 0.25) is 0 Å². The van der Waals surface area contributed by atoms with E-state index in [-0.39, 0.29) is 11.8 Å². The molecule has 1 atom stereocenters. The number of carbonyl (C=O) groups excluding carboxylic acids is 1. The number of halogens is 1. The van der Waals surface area contributed by atoms with Crippen LogP contribution < -0.4 is 5.32 Å². The first-order valence-electron chi connectivity index (χ1n) is 6.68. The van der Waals surface area contributed by atoms with Crippen LogP contribution in [0.25, 0.3) is 0 Å². The summed E-state index contributed by atoms with van der Waals surface area (Å²) in [6, 6.07) is 11.0. The maximum atomic E-state index is 12.9. The van der Waals surface area contributed by atoms with Gasteiger partial charge in [-0.3, -0.25) is 0 Å². The Labute approximate surface area is 123 Å². The van der Waals surface area contributed by atoms with Gasteiger partial charge >= 0.3 is 5.97 Å². The van der Waals surface area contributed by atoms with E-state index in [4.69, 9.17) is 4.74 Å². The highest BCUT2D eigenvalue weighted by Gasteiger charge is 2.21. The van der Waals surface area contributed by atoms with E-state index in [9.17, 15) is 9.18 Å². The maximum absolute atomic E-state index is 12.9. The normalized spacial score (nSPS) is 11.8. The van der Waals surface area contributed by atoms with Gasteiger partial charge in [0.25, 0.3) is 0 Å². The molecule has 0 saturated carbocycles. The third-order valence-electron chi connectivity index (χ3n) is 3.46. The topological polar surface area (TPSA) is 38.3 Å². The number of anilines is 1. The fourth-order valence-corrected chi connectivity index (χ4v) is 2.05. The molecule has 110 valence electrons. The number of ether oxygens (including phenoxy) is 1. The number of carbonyl (C=O) groups is 1. The molecule has 0 aliphatic carbocycles. The molecule has 0 saturated heterocycles. The van der Waals surface area contributed by atoms with Gasteiger partial charge in [-0.25, -0.2) is 9.18 Å². The van der Waals surface area contributed by atoms with E-state index in [1.54, 1.807) is 12.1 Å². The Bertz CT molecular complexity index is 638. The van der Waals surface area contributed by atoms with Crippen molar-refractivity contribution in [2.24, 2.45) is 0 Å². The molecule has 0 amide bonds. The lowest BCUT2D eigenvalue weighted by molar-refractivity contribution is -0.141. The van der Waals surface area contributed by atoms with Gasteiger partial charge in [-0.2, -0.15) is 0 Å². The summed E-state index contributed by atoms with van der Waals surface area (Å²) >= 11 is 0. The minimum Gasteiger partial charge on any atom is -0.467 e. The molecule has 4 heteroatoms. The molecule has 0 heterocycles. The number of methoxy groups -OCH3 is 1. The van der Waals surface area contributed by atoms with Gasteiger partial charge in [0.1, 0.15) is 5.82 Å². The molecular formula is C17H18FNO2. The van der Waals surface area contributed by atoms with Crippen LogP contribution in [0.15, 0.2) is 42.5 Å². The summed E-state index contributed by atoms with van der Waals surface area (Å²) in [6.07, 6.45) is 0. The number of hydrogen-bond acceptors (Lipinski definition) is 3. The van der Waals surface area contributed by atoms with Crippen molar-refractivity contribution in [3.63, 3.8) is 0 Å². The molecule has 1 unspecified atom stereocenters. The van der Waals surface area contributed by atoms with E-state index in [1.165, 1.54) is 19.2 Å². The van der Waals surface area contributed by atoms with E-state index in [0.29, 0.717) is 5.69 Å². The van der Waals surface area contributed by atoms with Gasteiger partial charge in [-0.1, -0.05) is 18.2 Å². The van der Waals surface area contributed by atoms with Crippen LogP contribution in [0, 0.1) is 19.7 Å². The summed E-state index contributed by atoms with van der Waals surface area (Å²) in [5.74, 6) is -0.705. The molecule has 2 aromatic rings. The molecule has 0 aromatic heterocycles. The summed E-state index contributed by atoms with van der Waals surface area (Å²) in [4.78, 5) is 12.0. The Kier molecular flexibility index (Phi) is 4.58. The number of rotatable bonds is 4. The molecule has 2 aromatic carbocycles. The fraction of sp³-hybridized carbons (Fsp3) is 0.235. The maximum Gasteiger partial charge on any atom is 0.332 e. The Balaban J connectivity index is 2.31. The van der Waals surface area contributed by atoms with Crippen molar-refractivity contribution >= 4 is 11.7 Å². The molecule has 1 N–H and O–H groups in total. The van der Waals surface area contributed by atoms with Crippen LogP contribution in [0.2, 0.25) is 0 Å². The zero-order valence-electron chi connectivity index (χ0n) is 12.3. The molecule has 0 aliphatic heterocycles. The lowest BCUT2D eigenvalue weighted by atomic mass is 10.0. The van der Waals surface area contributed by atoms with Crippen molar-refractivity contribution in [3.8, 4) is 0 Å². The molecule has 3 nitrogen and oxygen atoms in total. The van der Waals surface area contributed by atoms with Crippen molar-refractivity contribution < 1.29 is 13.9 Å². The molecule has 0 spiro atoms. The lowest BCUT2D eigenvalue weighted by Crippen LogP contribution is -2.22. The van der Waals surface area contributed by atoms with Gasteiger partial charge in [-0.15, -0.1) is 0 Å². The molecule has 0 aliphatic rings. The summed E-state index contributed by atoms with van der Waals surface area (Å²) in [7, 11) is 1.35. The van der Waals surface area contributed by atoms with Crippen molar-refractivity contribution in [2.45, 2.75) is 19.9 Å². The smallest absolute Gasteiger partial charge is 0.332 e. The van der Waals surface area contributed by atoms with Crippen LogP contribution in [0.1, 0.15) is 22.7 Å². The van der Waals surface area contributed by atoms with Gasteiger partial charge in [-0.05, 0) is 54.8 Å². The van der Waals surface area contributed by atoms with Gasteiger partial charge in [0.05, 0.1) is 7.11 Å². The number of hydrogen-bond donors (Lipinski definition) is 1. The number of benzene rings is 2. The predicted octanol–water partition coefficient (Wildman–Crippen LogP) is 3.77. The summed E-state index contributed by atoms with van der Waals surface area (Å²) < 4.78 is 17.8. The highest BCUT2D eigenvalue weighted by Crippen LogP contribution is 2.23. The Morgan fingerprint density at radius 3 is 2.33 bits per heavy atom. The van der Waals surface area contributed by atoms with Gasteiger partial charge in [0, 0.05) is 5.69 Å². The second kappa shape index (κ2) is 6.39. The Morgan fingerprint density at radius 2 is 1.76 bits per heavy atom. The van der Waals surface area contributed by atoms with Crippen LogP contribution in [-0.2, 0) is 9.53 Å². The van der Waals surface area contributed by atoms with E-state index < -0.39 is 6.04 Å². The molecule has 2 rings (SSSR count).